The highest BCUT2D eigenvalue weighted by molar-refractivity contribution is 7.92. The lowest BCUT2D eigenvalue weighted by Gasteiger charge is -2.11. The maximum atomic E-state index is 12.8. The van der Waals surface area contributed by atoms with E-state index in [4.69, 9.17) is 4.42 Å². The summed E-state index contributed by atoms with van der Waals surface area (Å²) < 4.78 is 70.6. The first-order valence-corrected chi connectivity index (χ1v) is 11.0. The smallest absolute Gasteiger partial charge is 0.416 e. The summed E-state index contributed by atoms with van der Waals surface area (Å²) in [6, 6.07) is 13.2. The number of anilines is 2. The van der Waals surface area contributed by atoms with Crippen LogP contribution in [-0.2, 0) is 16.2 Å². The average Bonchev–Trinajstić information content (AvgIpc) is 2.78. The molecule has 0 atom stereocenters. The molecule has 0 aliphatic rings. The first kappa shape index (κ1) is 23.0. The van der Waals surface area contributed by atoms with E-state index in [1.165, 1.54) is 24.3 Å². The lowest BCUT2D eigenvalue weighted by Crippen LogP contribution is -2.17. The van der Waals surface area contributed by atoms with Crippen molar-refractivity contribution >= 4 is 38.3 Å². The number of halogens is 3. The molecule has 0 fully saturated rings. The number of nitrogens with zero attached hydrogens (tertiary/aromatic N) is 1. The minimum Gasteiger partial charge on any atom is -0.422 e. The fraction of sp³-hybridized carbons (Fsp3) is 0.0455. The average molecular weight is 489 g/mol. The normalized spacial score (nSPS) is 11.9. The van der Waals surface area contributed by atoms with Gasteiger partial charge >= 0.3 is 11.8 Å². The highest BCUT2D eigenvalue weighted by Crippen LogP contribution is 2.30. The molecule has 0 saturated carbocycles. The molecule has 2 heterocycles. The van der Waals surface area contributed by atoms with Crippen LogP contribution >= 0.6 is 0 Å². The molecule has 174 valence electrons. The van der Waals surface area contributed by atoms with Crippen molar-refractivity contribution in [3.05, 3.63) is 94.5 Å². The van der Waals surface area contributed by atoms with Crippen molar-refractivity contribution in [2.75, 3.05) is 10.0 Å². The molecule has 34 heavy (non-hydrogen) atoms. The quantitative estimate of drug-likeness (QED) is 0.405. The van der Waals surface area contributed by atoms with E-state index in [0.717, 1.165) is 36.5 Å². The molecule has 8 nitrogen and oxygen atoms in total. The van der Waals surface area contributed by atoms with E-state index in [2.05, 4.69) is 15.0 Å². The molecule has 0 aliphatic heterocycles. The summed E-state index contributed by atoms with van der Waals surface area (Å²) in [5, 5.41) is 2.55. The van der Waals surface area contributed by atoms with Crippen molar-refractivity contribution in [1.29, 1.82) is 0 Å². The van der Waals surface area contributed by atoms with Gasteiger partial charge < -0.3 is 9.73 Å². The molecule has 2 aromatic heterocycles. The Labute approximate surface area is 190 Å². The number of para-hydroxylation sites is 1. The van der Waals surface area contributed by atoms with E-state index < -0.39 is 38.3 Å². The number of carbonyl (C=O) groups is 1. The van der Waals surface area contributed by atoms with Crippen molar-refractivity contribution in [1.82, 2.24) is 4.98 Å². The van der Waals surface area contributed by atoms with Gasteiger partial charge in [0.25, 0.3) is 15.9 Å². The maximum absolute atomic E-state index is 12.8. The summed E-state index contributed by atoms with van der Waals surface area (Å²) in [6.45, 7) is 0. The van der Waals surface area contributed by atoms with Gasteiger partial charge in [-0.15, -0.1) is 0 Å². The van der Waals surface area contributed by atoms with E-state index in [0.29, 0.717) is 5.39 Å². The number of alkyl halides is 3. The molecule has 4 rings (SSSR count). The Morgan fingerprint density at radius 3 is 2.38 bits per heavy atom. The van der Waals surface area contributed by atoms with Crippen molar-refractivity contribution in [2.24, 2.45) is 0 Å². The van der Waals surface area contributed by atoms with Crippen molar-refractivity contribution < 1.29 is 30.8 Å². The van der Waals surface area contributed by atoms with E-state index in [1.807, 2.05) is 0 Å². The van der Waals surface area contributed by atoms with Crippen molar-refractivity contribution in [3.8, 4) is 0 Å². The molecular formula is C22H14F3N3O5S. The molecule has 4 aromatic rings. The Morgan fingerprint density at radius 2 is 1.68 bits per heavy atom. The van der Waals surface area contributed by atoms with E-state index in [9.17, 15) is 31.2 Å². The van der Waals surface area contributed by atoms with Gasteiger partial charge in [0, 0.05) is 35.1 Å². The maximum Gasteiger partial charge on any atom is 0.416 e. The minimum absolute atomic E-state index is 0.0549. The first-order valence-electron chi connectivity index (χ1n) is 9.53. The number of carbonyl (C=O) groups excluding carboxylic acids is 1. The second kappa shape index (κ2) is 8.63. The lowest BCUT2D eigenvalue weighted by molar-refractivity contribution is -0.137. The fourth-order valence-electron chi connectivity index (χ4n) is 3.04. The molecule has 12 heteroatoms. The summed E-state index contributed by atoms with van der Waals surface area (Å²) >= 11 is 0. The van der Waals surface area contributed by atoms with E-state index >= 15 is 0 Å². The molecule has 1 amide bonds. The third-order valence-corrected chi connectivity index (χ3v) is 5.90. The van der Waals surface area contributed by atoms with Crippen molar-refractivity contribution in [2.45, 2.75) is 11.2 Å². The van der Waals surface area contributed by atoms with Crippen LogP contribution in [0.4, 0.5) is 24.5 Å². The van der Waals surface area contributed by atoms with Crippen LogP contribution in [0.15, 0.2) is 87.2 Å². The van der Waals surface area contributed by atoms with Crippen LogP contribution in [0.1, 0.15) is 15.9 Å². The lowest BCUT2D eigenvalue weighted by atomic mass is 10.1. The Morgan fingerprint density at radius 1 is 0.941 bits per heavy atom. The number of hydrogen-bond acceptors (Lipinski definition) is 6. The van der Waals surface area contributed by atoms with Gasteiger partial charge in [-0.2, -0.15) is 21.6 Å². The molecule has 0 aliphatic carbocycles. The zero-order chi connectivity index (χ0) is 24.5. The van der Waals surface area contributed by atoms with Gasteiger partial charge in [-0.3, -0.25) is 9.52 Å². The predicted molar refractivity (Wildman–Crippen MR) is 117 cm³/mol. The highest BCUT2D eigenvalue weighted by atomic mass is 32.2. The zero-order valence-corrected chi connectivity index (χ0v) is 17.8. The summed E-state index contributed by atoms with van der Waals surface area (Å²) in [5.41, 5.74) is -1.47. The monoisotopic (exact) mass is 489 g/mol. The van der Waals surface area contributed by atoms with Crippen LogP contribution < -0.4 is 15.7 Å². The van der Waals surface area contributed by atoms with Crippen LogP contribution in [0, 0.1) is 0 Å². The Balaban J connectivity index is 1.56. The van der Waals surface area contributed by atoms with Crippen LogP contribution in [0.2, 0.25) is 0 Å². The number of fused-ring (bicyclic) bond motifs is 1. The van der Waals surface area contributed by atoms with Crippen molar-refractivity contribution in [3.63, 3.8) is 0 Å². The predicted octanol–water partition coefficient (Wildman–Crippen LogP) is 4.26. The topological polar surface area (TPSA) is 118 Å². The summed E-state index contributed by atoms with van der Waals surface area (Å²) in [4.78, 5) is 28.1. The van der Waals surface area contributed by atoms with Crippen LogP contribution in [0.5, 0.6) is 0 Å². The summed E-state index contributed by atoms with van der Waals surface area (Å²) in [7, 11) is -4.28. The van der Waals surface area contributed by atoms with Crippen LogP contribution in [0.3, 0.4) is 0 Å². The third kappa shape index (κ3) is 4.91. The largest absolute Gasteiger partial charge is 0.422 e. The summed E-state index contributed by atoms with van der Waals surface area (Å²) in [6.07, 6.45) is -3.42. The number of pyridine rings is 1. The molecule has 0 saturated heterocycles. The molecule has 2 aromatic carbocycles. The standard InChI is InChI=1S/C22H14F3N3O5S/c23-22(24,25)14-5-7-15(8-6-14)28-34(31,32)18-12-16(10-11-26-18)27-21(30)17-3-1-2-13-4-9-19(29)33-20(13)17/h1-12,28H,(H,26,27,30). The minimum atomic E-state index is -4.56. The first-order chi connectivity index (χ1) is 16.0. The zero-order valence-electron chi connectivity index (χ0n) is 17.0. The van der Waals surface area contributed by atoms with E-state index in [-0.39, 0.29) is 22.5 Å². The molecule has 0 bridgehead atoms. The third-order valence-electron chi connectivity index (χ3n) is 4.62. The molecule has 0 spiro atoms. The number of aromatic nitrogens is 1. The fourth-order valence-corrected chi connectivity index (χ4v) is 4.07. The van der Waals surface area contributed by atoms with E-state index in [1.54, 1.807) is 12.1 Å². The van der Waals surface area contributed by atoms with Gasteiger partial charge in [0.1, 0.15) is 0 Å². The van der Waals surface area contributed by atoms with Crippen LogP contribution in [0.25, 0.3) is 11.0 Å². The number of hydrogen-bond donors (Lipinski definition) is 2. The Hall–Kier alpha value is -4.19. The number of sulfonamides is 1. The number of benzene rings is 2. The second-order valence-electron chi connectivity index (χ2n) is 7.00. The Kier molecular flexibility index (Phi) is 5.83. The Bertz CT molecular complexity index is 1550. The highest BCUT2D eigenvalue weighted by Gasteiger charge is 2.30. The number of amides is 1. The molecule has 0 radical (unpaired) electrons. The van der Waals surface area contributed by atoms with Crippen LogP contribution in [-0.4, -0.2) is 19.3 Å². The second-order valence-corrected chi connectivity index (χ2v) is 8.63. The van der Waals surface area contributed by atoms with Gasteiger partial charge in [0.05, 0.1) is 11.1 Å². The SMILES string of the molecule is O=C(Nc1ccnc(S(=O)(=O)Nc2ccc(C(F)(F)F)cc2)c1)c1cccc2ccc(=O)oc12. The molecule has 2 N–H and O–H groups in total. The molecular weight excluding hydrogens is 475 g/mol. The number of rotatable bonds is 5. The summed E-state index contributed by atoms with van der Waals surface area (Å²) in [5.74, 6) is -0.662. The van der Waals surface area contributed by atoms with Gasteiger partial charge in [-0.25, -0.2) is 9.78 Å². The van der Waals surface area contributed by atoms with Gasteiger partial charge in [0.2, 0.25) is 0 Å². The van der Waals surface area contributed by atoms with Gasteiger partial charge in [-0.1, -0.05) is 12.1 Å². The number of nitrogens with one attached hydrogen (secondary N) is 2. The van der Waals surface area contributed by atoms with Gasteiger partial charge in [-0.05, 0) is 42.5 Å². The molecule has 0 unspecified atom stereocenters. The van der Waals surface area contributed by atoms with Gasteiger partial charge in [0.15, 0.2) is 10.6 Å².